The third kappa shape index (κ3) is 3.22. The van der Waals surface area contributed by atoms with Crippen molar-refractivity contribution in [3.63, 3.8) is 0 Å². The maximum absolute atomic E-state index is 12.2. The Morgan fingerprint density at radius 2 is 1.90 bits per heavy atom. The monoisotopic (exact) mass is 328 g/mol. The van der Waals surface area contributed by atoms with E-state index in [1.807, 2.05) is 0 Å². The summed E-state index contributed by atoms with van der Waals surface area (Å²) in [5.74, 6) is -0.700. The van der Waals surface area contributed by atoms with E-state index in [4.69, 9.17) is 17.5 Å². The molecule has 0 N–H and O–H groups in total. The second-order valence-corrected chi connectivity index (χ2v) is 6.54. The van der Waals surface area contributed by atoms with Crippen molar-refractivity contribution in [2.75, 3.05) is 6.26 Å². The Morgan fingerprint density at radius 3 is 2.29 bits per heavy atom. The molecule has 0 spiro atoms. The van der Waals surface area contributed by atoms with Gasteiger partial charge in [-0.05, 0) is 38.0 Å². The first-order valence-electron chi connectivity index (χ1n) is 6.05. The molecule has 7 nitrogen and oxygen atoms in total. The first kappa shape index (κ1) is 17.1. The number of hydrogen-bond acceptors (Lipinski definition) is 6. The highest BCUT2D eigenvalue weighted by atomic mass is 32.2. The maximum atomic E-state index is 12.2. The van der Waals surface area contributed by atoms with Crippen molar-refractivity contribution in [3.05, 3.63) is 25.6 Å². The van der Waals surface area contributed by atoms with E-state index in [1.54, 1.807) is 13.8 Å². The molecule has 0 saturated heterocycles. The zero-order valence-electron chi connectivity index (χ0n) is 11.8. The van der Waals surface area contributed by atoms with Crippen molar-refractivity contribution in [1.29, 1.82) is 5.26 Å². The summed E-state index contributed by atoms with van der Waals surface area (Å²) in [6, 6.07) is 1.49. The molecule has 9 heteroatoms. The first-order valence-corrected chi connectivity index (χ1v) is 8.35. The Bertz CT molecular complexity index is 854. The highest BCUT2D eigenvalue weighted by Crippen LogP contribution is 2.16. The molecule has 0 saturated carbocycles. The Kier molecular flexibility index (Phi) is 5.09. The van der Waals surface area contributed by atoms with Crippen LogP contribution in [0.2, 0.25) is 0 Å². The lowest BCUT2D eigenvalue weighted by Gasteiger charge is -2.21. The number of nitrogens with zero attached hydrogens (tertiary/aromatic N) is 3. The summed E-state index contributed by atoms with van der Waals surface area (Å²) in [6.07, 6.45) is 1.65. The number of hydrogen-bond donors (Lipinski definition) is 0. The topological polar surface area (TPSA) is 108 Å². The van der Waals surface area contributed by atoms with Crippen LogP contribution in [0.4, 0.5) is 0 Å². The number of aromatic nitrogens is 2. The molecule has 0 radical (unpaired) electrons. The molecule has 0 fully saturated rings. The Hall–Kier alpha value is -1.92. The maximum Gasteiger partial charge on any atom is 0.260 e. The van der Waals surface area contributed by atoms with Crippen LogP contribution in [0.15, 0.2) is 9.70 Å². The fraction of sp³-hybridized carbons (Fsp3) is 0.417. The molecule has 1 aromatic heterocycles. The average molecular weight is 328 g/mol. The van der Waals surface area contributed by atoms with E-state index in [0.717, 1.165) is 12.3 Å². The summed E-state index contributed by atoms with van der Waals surface area (Å²) in [7, 11) is -3.82. The van der Waals surface area contributed by atoms with Gasteiger partial charge in [-0.2, -0.15) is 5.26 Å². The summed E-state index contributed by atoms with van der Waals surface area (Å²) in [5, 5.41) is 21.1. The van der Waals surface area contributed by atoms with Gasteiger partial charge in [-0.3, -0.25) is 9.36 Å². The normalized spacial score (nSPS) is 12.2. The van der Waals surface area contributed by atoms with E-state index in [-0.39, 0.29) is 23.4 Å². The fourth-order valence-corrected chi connectivity index (χ4v) is 2.66. The largest absolute Gasteiger partial charge is 0.859 e. The van der Waals surface area contributed by atoms with E-state index in [1.165, 1.54) is 15.2 Å². The van der Waals surface area contributed by atoms with E-state index < -0.39 is 26.2 Å². The number of allylic oxidation sites excluding steroid dienone is 1. The standard InChI is InChI=1S/C12H15N3O4S2/c1-4-14-10(16)9(6-8(7-13)21(3,18)19)11(17)15(5-2)12(14)20/h6,16H,4-5H2,1-3H3/p-1. The molecule has 0 aliphatic rings. The lowest BCUT2D eigenvalue weighted by molar-refractivity contribution is -0.280. The van der Waals surface area contributed by atoms with E-state index in [2.05, 4.69) is 0 Å². The van der Waals surface area contributed by atoms with Crippen LogP contribution in [0.3, 0.4) is 0 Å². The van der Waals surface area contributed by atoms with Gasteiger partial charge in [-0.15, -0.1) is 0 Å². The molecular weight excluding hydrogens is 314 g/mol. The van der Waals surface area contributed by atoms with Crippen LogP contribution in [0, 0.1) is 16.1 Å². The van der Waals surface area contributed by atoms with Crippen molar-refractivity contribution in [2.45, 2.75) is 26.9 Å². The van der Waals surface area contributed by atoms with Gasteiger partial charge in [0.25, 0.3) is 5.56 Å². The van der Waals surface area contributed by atoms with Crippen molar-refractivity contribution in [3.8, 4) is 11.9 Å². The molecule has 0 unspecified atom stereocenters. The van der Waals surface area contributed by atoms with Gasteiger partial charge >= 0.3 is 0 Å². The van der Waals surface area contributed by atoms with Crippen LogP contribution >= 0.6 is 12.2 Å². The minimum absolute atomic E-state index is 0.0741. The fourth-order valence-electron chi connectivity index (χ4n) is 1.74. The summed E-state index contributed by atoms with van der Waals surface area (Å²) in [5.41, 5.74) is -1.08. The van der Waals surface area contributed by atoms with Crippen LogP contribution < -0.4 is 10.7 Å². The summed E-state index contributed by atoms with van der Waals surface area (Å²) < 4.78 is 25.3. The lowest BCUT2D eigenvalue weighted by atomic mass is 10.2. The average Bonchev–Trinajstić information content (AvgIpc) is 2.38. The van der Waals surface area contributed by atoms with Crippen LogP contribution in [0.5, 0.6) is 5.88 Å². The zero-order valence-corrected chi connectivity index (χ0v) is 13.4. The Labute approximate surface area is 127 Å². The molecule has 0 atom stereocenters. The molecular formula is C12H14N3O4S2-. The van der Waals surface area contributed by atoms with Gasteiger partial charge in [-0.1, -0.05) is 0 Å². The molecule has 0 aliphatic heterocycles. The molecule has 1 aromatic rings. The lowest BCUT2D eigenvalue weighted by Crippen LogP contribution is -2.29. The first-order chi connectivity index (χ1) is 9.68. The molecule has 114 valence electrons. The van der Waals surface area contributed by atoms with Crippen molar-refractivity contribution >= 4 is 28.1 Å². The Balaban J connectivity index is 3.91. The van der Waals surface area contributed by atoms with Crippen molar-refractivity contribution < 1.29 is 13.5 Å². The number of nitriles is 1. The van der Waals surface area contributed by atoms with E-state index in [9.17, 15) is 18.3 Å². The predicted octanol–water partition coefficient (Wildman–Crippen LogP) is 0.402. The van der Waals surface area contributed by atoms with Gasteiger partial charge in [0, 0.05) is 19.3 Å². The number of rotatable bonds is 4. The minimum Gasteiger partial charge on any atom is -0.859 e. The predicted molar refractivity (Wildman–Crippen MR) is 78.8 cm³/mol. The van der Waals surface area contributed by atoms with Gasteiger partial charge in [0.2, 0.25) is 0 Å². The third-order valence-electron chi connectivity index (χ3n) is 2.83. The van der Waals surface area contributed by atoms with E-state index in [0.29, 0.717) is 0 Å². The van der Waals surface area contributed by atoms with Crippen molar-refractivity contribution in [2.24, 2.45) is 0 Å². The van der Waals surface area contributed by atoms with Gasteiger partial charge in [0.1, 0.15) is 11.0 Å². The van der Waals surface area contributed by atoms with E-state index >= 15 is 0 Å². The molecule has 0 aliphatic carbocycles. The van der Waals surface area contributed by atoms with Crippen molar-refractivity contribution in [1.82, 2.24) is 9.13 Å². The molecule has 21 heavy (non-hydrogen) atoms. The number of sulfone groups is 1. The highest BCUT2D eigenvalue weighted by Gasteiger charge is 2.14. The SMILES string of the molecule is CCn1c([O-])c(C=C(C#N)S(C)(=O)=O)c(=O)n(CC)c1=S. The third-order valence-corrected chi connectivity index (χ3v) is 4.28. The second kappa shape index (κ2) is 6.24. The van der Waals surface area contributed by atoms with Crippen LogP contribution in [0.25, 0.3) is 6.08 Å². The molecule has 0 bridgehead atoms. The highest BCUT2D eigenvalue weighted by molar-refractivity contribution is 7.95. The smallest absolute Gasteiger partial charge is 0.260 e. The summed E-state index contributed by atoms with van der Waals surface area (Å²) >= 11 is 5.06. The second-order valence-electron chi connectivity index (χ2n) is 4.19. The summed E-state index contributed by atoms with van der Waals surface area (Å²) in [6.45, 7) is 3.83. The van der Waals surface area contributed by atoms with Gasteiger partial charge < -0.3 is 9.67 Å². The van der Waals surface area contributed by atoms with Crippen LogP contribution in [-0.4, -0.2) is 23.8 Å². The van der Waals surface area contributed by atoms with Gasteiger partial charge in [-0.25, -0.2) is 8.42 Å². The minimum atomic E-state index is -3.82. The zero-order chi connectivity index (χ0) is 16.4. The van der Waals surface area contributed by atoms with Gasteiger partial charge in [0.05, 0.1) is 5.56 Å². The quantitative estimate of drug-likeness (QED) is 0.585. The molecule has 1 heterocycles. The molecule has 0 aromatic carbocycles. The summed E-state index contributed by atoms with van der Waals surface area (Å²) in [4.78, 5) is 11.6. The van der Waals surface area contributed by atoms with Crippen LogP contribution in [-0.2, 0) is 22.9 Å². The molecule has 1 rings (SSSR count). The van der Waals surface area contributed by atoms with Gasteiger partial charge in [0.15, 0.2) is 14.6 Å². The Morgan fingerprint density at radius 1 is 1.38 bits per heavy atom. The molecule has 0 amide bonds. The van der Waals surface area contributed by atoms with Crippen LogP contribution in [0.1, 0.15) is 19.4 Å².